The number of aliphatic imine (C=N–C) groups is 1. The summed E-state index contributed by atoms with van der Waals surface area (Å²) in [5, 5.41) is 4.57. The molecular weight excluding hydrogens is 463 g/mol. The van der Waals surface area contributed by atoms with E-state index in [2.05, 4.69) is 33.5 Å². The molecule has 144 valence electrons. The Kier molecular flexibility index (Phi) is 6.60. The molecule has 2 aromatic rings. The number of hydrogen-bond donors (Lipinski definition) is 2. The number of aromatic nitrogens is 1. The Morgan fingerprint density at radius 1 is 1.35 bits per heavy atom. The first-order chi connectivity index (χ1) is 11.8. The van der Waals surface area contributed by atoms with Crippen LogP contribution in [0.1, 0.15) is 19.5 Å². The van der Waals surface area contributed by atoms with Gasteiger partial charge in [0.15, 0.2) is 15.8 Å². The van der Waals surface area contributed by atoms with Gasteiger partial charge in [-0.3, -0.25) is 4.99 Å². The number of guanidine groups is 1. The first kappa shape index (κ1) is 21.0. The van der Waals surface area contributed by atoms with E-state index in [0.717, 1.165) is 24.4 Å². The Balaban J connectivity index is 0.00000243. The molecule has 3 rings (SSSR count). The summed E-state index contributed by atoms with van der Waals surface area (Å²) < 4.78 is 23.6. The van der Waals surface area contributed by atoms with Gasteiger partial charge >= 0.3 is 0 Å². The van der Waals surface area contributed by atoms with Gasteiger partial charge in [-0.05, 0) is 31.4 Å². The highest BCUT2D eigenvalue weighted by Crippen LogP contribution is 2.23. The Morgan fingerprint density at radius 2 is 2.08 bits per heavy atom. The van der Waals surface area contributed by atoms with E-state index < -0.39 is 14.6 Å². The van der Waals surface area contributed by atoms with Crippen LogP contribution < -0.4 is 5.32 Å². The van der Waals surface area contributed by atoms with Gasteiger partial charge in [-0.2, -0.15) is 0 Å². The summed E-state index contributed by atoms with van der Waals surface area (Å²) in [6.45, 7) is 5.25. The fourth-order valence-electron chi connectivity index (χ4n) is 3.23. The first-order valence-corrected chi connectivity index (χ1v) is 10.2. The smallest absolute Gasteiger partial charge is 0.193 e. The van der Waals surface area contributed by atoms with Crippen LogP contribution in [0.25, 0.3) is 10.9 Å². The summed E-state index contributed by atoms with van der Waals surface area (Å²) in [5.74, 6) is 0.932. The number of halogens is 1. The zero-order valence-corrected chi connectivity index (χ0v) is 18.6. The van der Waals surface area contributed by atoms with Gasteiger partial charge in [-0.1, -0.05) is 18.2 Å². The van der Waals surface area contributed by atoms with Crippen molar-refractivity contribution in [2.24, 2.45) is 4.99 Å². The Hall–Kier alpha value is -1.29. The molecule has 1 saturated heterocycles. The zero-order valence-electron chi connectivity index (χ0n) is 15.4. The monoisotopic (exact) mass is 490 g/mol. The number of para-hydroxylation sites is 1. The molecule has 1 fully saturated rings. The van der Waals surface area contributed by atoms with Crippen LogP contribution in [0.3, 0.4) is 0 Å². The van der Waals surface area contributed by atoms with Crippen molar-refractivity contribution in [1.29, 1.82) is 0 Å². The number of benzene rings is 1. The minimum absolute atomic E-state index is 0. The molecule has 1 aromatic heterocycles. The second-order valence-electron chi connectivity index (χ2n) is 7.11. The summed E-state index contributed by atoms with van der Waals surface area (Å²) >= 11 is 0. The van der Waals surface area contributed by atoms with Crippen LogP contribution in [0, 0.1) is 0 Å². The summed E-state index contributed by atoms with van der Waals surface area (Å²) in [4.78, 5) is 9.78. The number of nitrogens with one attached hydrogen (secondary N) is 2. The van der Waals surface area contributed by atoms with Crippen LogP contribution in [-0.4, -0.2) is 61.4 Å². The van der Waals surface area contributed by atoms with Gasteiger partial charge in [0.2, 0.25) is 0 Å². The second kappa shape index (κ2) is 8.16. The lowest BCUT2D eigenvalue weighted by atomic mass is 10.2. The summed E-state index contributed by atoms with van der Waals surface area (Å²) in [6, 6.07) is 10.4. The topological polar surface area (TPSA) is 77.6 Å². The molecule has 6 nitrogen and oxygen atoms in total. The molecule has 0 amide bonds. The molecule has 0 bridgehead atoms. The fourth-order valence-corrected chi connectivity index (χ4v) is 4.60. The Morgan fingerprint density at radius 3 is 2.73 bits per heavy atom. The molecule has 2 heterocycles. The van der Waals surface area contributed by atoms with E-state index in [1.54, 1.807) is 20.9 Å². The minimum atomic E-state index is -3.04. The number of hydrogen-bond acceptors (Lipinski definition) is 3. The maximum atomic E-state index is 12.2. The van der Waals surface area contributed by atoms with Crippen LogP contribution in [0.4, 0.5) is 0 Å². The lowest BCUT2D eigenvalue weighted by Gasteiger charge is -2.39. The molecule has 0 radical (unpaired) electrons. The Bertz CT molecular complexity index is 856. The summed E-state index contributed by atoms with van der Waals surface area (Å²) in [5.41, 5.74) is 2.32. The molecular formula is C18H27IN4O2S. The van der Waals surface area contributed by atoms with Crippen LogP contribution in [0.5, 0.6) is 0 Å². The van der Waals surface area contributed by atoms with E-state index in [-0.39, 0.29) is 29.7 Å². The van der Waals surface area contributed by atoms with E-state index in [1.807, 2.05) is 17.0 Å². The first-order valence-electron chi connectivity index (χ1n) is 8.57. The van der Waals surface area contributed by atoms with Crippen molar-refractivity contribution in [2.45, 2.75) is 25.0 Å². The predicted octanol–water partition coefficient (Wildman–Crippen LogP) is 2.41. The van der Waals surface area contributed by atoms with Crippen LogP contribution in [-0.2, 0) is 16.3 Å². The maximum Gasteiger partial charge on any atom is 0.193 e. The van der Waals surface area contributed by atoms with Crippen molar-refractivity contribution in [1.82, 2.24) is 15.2 Å². The van der Waals surface area contributed by atoms with Gasteiger partial charge in [-0.15, -0.1) is 24.0 Å². The van der Waals surface area contributed by atoms with Gasteiger partial charge in [0, 0.05) is 44.3 Å². The quantitative estimate of drug-likeness (QED) is 0.394. The fraction of sp³-hybridized carbons (Fsp3) is 0.500. The average Bonchev–Trinajstić information content (AvgIpc) is 2.97. The molecule has 26 heavy (non-hydrogen) atoms. The van der Waals surface area contributed by atoms with Crippen LogP contribution in [0.15, 0.2) is 35.3 Å². The van der Waals surface area contributed by atoms with Crippen molar-refractivity contribution >= 4 is 50.7 Å². The lowest BCUT2D eigenvalue weighted by Crippen LogP contribution is -2.57. The highest BCUT2D eigenvalue weighted by molar-refractivity contribution is 14.0. The van der Waals surface area contributed by atoms with E-state index in [0.29, 0.717) is 13.1 Å². The molecule has 8 heteroatoms. The Labute approximate surface area is 172 Å². The molecule has 0 aliphatic carbocycles. The summed E-state index contributed by atoms with van der Waals surface area (Å²) in [6.07, 6.45) is 0.850. The SMILES string of the molecule is CN=C(NCCc1cc2ccccc2[nH]1)N1CCS(=O)(=O)C(C)(C)C1.I. The number of rotatable bonds is 3. The highest BCUT2D eigenvalue weighted by Gasteiger charge is 2.40. The maximum absolute atomic E-state index is 12.2. The van der Waals surface area contributed by atoms with E-state index >= 15 is 0 Å². The molecule has 2 N–H and O–H groups in total. The van der Waals surface area contributed by atoms with Crippen LogP contribution in [0.2, 0.25) is 0 Å². The van der Waals surface area contributed by atoms with Crippen molar-refractivity contribution in [3.05, 3.63) is 36.0 Å². The van der Waals surface area contributed by atoms with Gasteiger partial charge in [0.1, 0.15) is 0 Å². The largest absolute Gasteiger partial charge is 0.358 e. The van der Waals surface area contributed by atoms with E-state index in [4.69, 9.17) is 0 Å². The zero-order chi connectivity index (χ0) is 18.1. The third-order valence-electron chi connectivity index (χ3n) is 4.82. The molecule has 1 aliphatic rings. The van der Waals surface area contributed by atoms with Gasteiger partial charge in [0.25, 0.3) is 0 Å². The van der Waals surface area contributed by atoms with Crippen LogP contribution >= 0.6 is 24.0 Å². The second-order valence-corrected chi connectivity index (χ2v) is 9.85. The number of sulfone groups is 1. The van der Waals surface area contributed by atoms with E-state index in [9.17, 15) is 8.42 Å². The molecule has 0 spiro atoms. The lowest BCUT2D eigenvalue weighted by molar-refractivity contribution is 0.353. The number of fused-ring (bicyclic) bond motifs is 1. The van der Waals surface area contributed by atoms with Crippen molar-refractivity contribution in [3.63, 3.8) is 0 Å². The molecule has 1 aliphatic heterocycles. The predicted molar refractivity (Wildman–Crippen MR) is 118 cm³/mol. The minimum Gasteiger partial charge on any atom is -0.358 e. The van der Waals surface area contributed by atoms with Crippen molar-refractivity contribution in [2.75, 3.05) is 32.4 Å². The standard InChI is InChI=1S/C18H26N4O2S.HI/c1-18(2)13-22(10-11-25(18,23)24)17(19-3)20-9-8-15-12-14-6-4-5-7-16(14)21-15;/h4-7,12,21H,8-11,13H2,1-3H3,(H,19,20);1H. The van der Waals surface area contributed by atoms with E-state index in [1.165, 1.54) is 11.1 Å². The molecule has 1 aromatic carbocycles. The third-order valence-corrected chi connectivity index (χ3v) is 7.35. The van der Waals surface area contributed by atoms with Gasteiger partial charge in [-0.25, -0.2) is 8.42 Å². The molecule has 0 atom stereocenters. The van der Waals surface area contributed by atoms with Gasteiger partial charge in [0.05, 0.1) is 10.5 Å². The number of H-pyrrole nitrogens is 1. The molecule has 0 unspecified atom stereocenters. The van der Waals surface area contributed by atoms with Crippen molar-refractivity contribution < 1.29 is 8.42 Å². The average molecular weight is 490 g/mol. The van der Waals surface area contributed by atoms with Crippen molar-refractivity contribution in [3.8, 4) is 0 Å². The number of nitrogens with zero attached hydrogens (tertiary/aromatic N) is 2. The third kappa shape index (κ3) is 4.33. The van der Waals surface area contributed by atoms with Gasteiger partial charge < -0.3 is 15.2 Å². The number of aromatic amines is 1. The normalized spacial score (nSPS) is 19.2. The highest BCUT2D eigenvalue weighted by atomic mass is 127. The summed E-state index contributed by atoms with van der Waals surface area (Å²) in [7, 11) is -1.31. The molecule has 0 saturated carbocycles.